The maximum absolute atomic E-state index is 13.8. The van der Waals surface area contributed by atoms with Crippen LogP contribution in [-0.2, 0) is 9.53 Å². The fourth-order valence-corrected chi connectivity index (χ4v) is 9.28. The number of amides is 4. The third-order valence-corrected chi connectivity index (χ3v) is 12.4. The van der Waals surface area contributed by atoms with E-state index in [9.17, 15) is 19.5 Å². The fourth-order valence-electron chi connectivity index (χ4n) is 9.28. The smallest absolute Gasteiger partial charge is 0.328 e. The minimum absolute atomic E-state index is 0.0698. The van der Waals surface area contributed by atoms with Crippen LogP contribution in [0.3, 0.4) is 0 Å². The van der Waals surface area contributed by atoms with E-state index in [4.69, 9.17) is 10.5 Å². The van der Waals surface area contributed by atoms with Gasteiger partial charge in [0.25, 0.3) is 5.91 Å². The molecule has 0 saturated carbocycles. The summed E-state index contributed by atoms with van der Waals surface area (Å²) < 4.78 is 8.60. The summed E-state index contributed by atoms with van der Waals surface area (Å²) in [5.41, 5.74) is 12.9. The van der Waals surface area contributed by atoms with E-state index >= 15 is 0 Å². The molecule has 9 rings (SSSR count). The van der Waals surface area contributed by atoms with E-state index in [0.29, 0.717) is 67.3 Å². The molecule has 4 aliphatic rings. The molecule has 0 radical (unpaired) electrons. The number of aromatic hydroxyl groups is 1. The number of aromatic nitrogens is 3. The van der Waals surface area contributed by atoms with Crippen LogP contribution in [0.1, 0.15) is 59.3 Å². The van der Waals surface area contributed by atoms with Crippen LogP contribution < -0.4 is 20.9 Å². The molecule has 2 atom stereocenters. The number of rotatable bonds is 8. The highest BCUT2D eigenvalue weighted by Gasteiger charge is 2.32. The summed E-state index contributed by atoms with van der Waals surface area (Å²) in [6.07, 6.45) is 5.22. The normalized spacial score (nSPS) is 20.9. The van der Waals surface area contributed by atoms with Gasteiger partial charge < -0.3 is 34.8 Å². The van der Waals surface area contributed by atoms with Crippen LogP contribution in [-0.4, -0.2) is 106 Å². The Morgan fingerprint density at radius 1 is 0.914 bits per heavy atom. The minimum atomic E-state index is -0.365. The molecule has 6 heterocycles. The van der Waals surface area contributed by atoms with Gasteiger partial charge in [0.2, 0.25) is 5.91 Å². The number of carbonyl (C=O) groups excluding carboxylic acids is 3. The lowest BCUT2D eigenvalue weighted by atomic mass is 9.95. The number of carbonyl (C=O) groups is 3. The number of phenols is 1. The first-order valence-corrected chi connectivity index (χ1v) is 20.3. The molecule has 0 unspecified atom stereocenters. The number of ether oxygens (including phenoxy) is 1. The first kappa shape index (κ1) is 37.6. The number of anilines is 3. The Morgan fingerprint density at radius 3 is 2.57 bits per heavy atom. The number of benzene rings is 3. The monoisotopic (exact) mass is 783 g/mol. The van der Waals surface area contributed by atoms with Gasteiger partial charge in [0, 0.05) is 87.5 Å². The molecular weight excluding hydrogens is 735 g/mol. The number of aryl methyl sites for hydroxylation is 1. The van der Waals surface area contributed by atoms with Crippen molar-refractivity contribution >= 4 is 45.9 Å². The molecule has 5 aromatic rings. The molecular formula is C44H49N9O5. The zero-order chi connectivity index (χ0) is 39.9. The van der Waals surface area contributed by atoms with Crippen molar-refractivity contribution in [2.24, 2.45) is 5.92 Å². The average Bonchev–Trinajstić information content (AvgIpc) is 3.89. The Kier molecular flexibility index (Phi) is 10.2. The number of piperidine rings is 1. The maximum Gasteiger partial charge on any atom is 0.328 e. The van der Waals surface area contributed by atoms with E-state index in [2.05, 4.69) is 48.2 Å². The molecule has 4 N–H and O–H groups in total. The molecule has 4 aliphatic heterocycles. The van der Waals surface area contributed by atoms with Crippen LogP contribution in [0.25, 0.3) is 22.2 Å². The third kappa shape index (κ3) is 7.33. The Labute approximate surface area is 337 Å². The van der Waals surface area contributed by atoms with Gasteiger partial charge in [-0.3, -0.25) is 19.8 Å². The maximum atomic E-state index is 13.8. The molecule has 4 amide bonds. The van der Waals surface area contributed by atoms with Crippen LogP contribution in [0.4, 0.5) is 22.0 Å². The van der Waals surface area contributed by atoms with E-state index < -0.39 is 0 Å². The number of urea groups is 1. The average molecular weight is 784 g/mol. The van der Waals surface area contributed by atoms with Crippen LogP contribution in [0.5, 0.6) is 5.75 Å². The number of morpholine rings is 1. The van der Waals surface area contributed by atoms with Crippen LogP contribution in [0, 0.1) is 12.8 Å². The van der Waals surface area contributed by atoms with E-state index in [-0.39, 0.29) is 29.7 Å². The van der Waals surface area contributed by atoms with Crippen molar-refractivity contribution < 1.29 is 24.2 Å². The van der Waals surface area contributed by atoms with E-state index in [1.54, 1.807) is 23.1 Å². The lowest BCUT2D eigenvalue weighted by molar-refractivity contribution is -0.120. The summed E-state index contributed by atoms with van der Waals surface area (Å²) >= 11 is 0. The second kappa shape index (κ2) is 15.7. The van der Waals surface area contributed by atoms with Gasteiger partial charge >= 0.3 is 6.03 Å². The highest BCUT2D eigenvalue weighted by Crippen LogP contribution is 2.36. The predicted octanol–water partition coefficient (Wildman–Crippen LogP) is 5.52. The standard InChI is InChI=1S/C44H49N9O5/c1-28-23-30(9-10-32(28)40-27-51(21-22-58-40)38-24-35(47-48-42(38)45)33-5-2-3-8-39(33)54)43(56)50-17-11-29(12-18-50)25-49-16-13-31(26-49)52-19-14-34-36(52)6-4-7-37(34)53-20-15-41(55)46-44(53)57/h2-10,14,19,23-24,29,31,40,54H,11-13,15-18,20-22,25-27H2,1H3,(H2,45,48)(H,46,55,57)/t31-,40+/m1/s1. The molecule has 14 heteroatoms. The van der Waals surface area contributed by atoms with Gasteiger partial charge in [-0.1, -0.05) is 24.3 Å². The molecule has 14 nitrogen and oxygen atoms in total. The van der Waals surface area contributed by atoms with Crippen molar-refractivity contribution in [1.29, 1.82) is 0 Å². The summed E-state index contributed by atoms with van der Waals surface area (Å²) in [5.74, 6) is 0.819. The highest BCUT2D eigenvalue weighted by molar-refractivity contribution is 6.09. The third-order valence-electron chi connectivity index (χ3n) is 12.4. The van der Waals surface area contributed by atoms with Crippen molar-refractivity contribution in [3.05, 3.63) is 95.7 Å². The van der Waals surface area contributed by atoms with Crippen LogP contribution in [0.2, 0.25) is 0 Å². The number of nitrogens with zero attached hydrogens (tertiary/aromatic N) is 7. The predicted molar refractivity (Wildman–Crippen MR) is 222 cm³/mol. The molecule has 3 aromatic carbocycles. The summed E-state index contributed by atoms with van der Waals surface area (Å²) in [7, 11) is 0. The summed E-state index contributed by atoms with van der Waals surface area (Å²) in [5, 5.41) is 22.3. The van der Waals surface area contributed by atoms with Gasteiger partial charge in [-0.05, 0) is 91.8 Å². The zero-order valence-corrected chi connectivity index (χ0v) is 32.7. The van der Waals surface area contributed by atoms with Gasteiger partial charge in [-0.15, -0.1) is 10.2 Å². The molecule has 0 spiro atoms. The molecule has 300 valence electrons. The molecule has 0 bridgehead atoms. The first-order chi connectivity index (χ1) is 28.2. The quantitative estimate of drug-likeness (QED) is 0.183. The second-order valence-electron chi connectivity index (χ2n) is 16.0. The summed E-state index contributed by atoms with van der Waals surface area (Å²) in [6, 6.07) is 23.0. The number of hydrogen-bond acceptors (Lipinski definition) is 10. The molecule has 58 heavy (non-hydrogen) atoms. The van der Waals surface area contributed by atoms with E-state index in [1.165, 1.54) is 0 Å². The molecule has 2 aromatic heterocycles. The highest BCUT2D eigenvalue weighted by atomic mass is 16.5. The molecule has 4 fully saturated rings. The Morgan fingerprint density at radius 2 is 1.76 bits per heavy atom. The van der Waals surface area contributed by atoms with Crippen molar-refractivity contribution in [2.75, 3.05) is 74.5 Å². The molecule has 4 saturated heterocycles. The van der Waals surface area contributed by atoms with Gasteiger partial charge in [-0.25, -0.2) is 4.79 Å². The van der Waals surface area contributed by atoms with Gasteiger partial charge in [0.15, 0.2) is 5.82 Å². The number of para-hydroxylation sites is 1. The van der Waals surface area contributed by atoms with E-state index in [0.717, 1.165) is 85.4 Å². The number of likely N-dealkylation sites (tertiary alicyclic amines) is 2. The van der Waals surface area contributed by atoms with Gasteiger partial charge in [0.1, 0.15) is 11.9 Å². The van der Waals surface area contributed by atoms with Crippen molar-refractivity contribution in [2.45, 2.75) is 44.8 Å². The lowest BCUT2D eigenvalue weighted by Crippen LogP contribution is -2.49. The van der Waals surface area contributed by atoms with Crippen molar-refractivity contribution in [1.82, 2.24) is 29.9 Å². The van der Waals surface area contributed by atoms with Crippen LogP contribution in [0.15, 0.2) is 79.0 Å². The van der Waals surface area contributed by atoms with Crippen molar-refractivity contribution in [3.63, 3.8) is 0 Å². The second-order valence-corrected chi connectivity index (χ2v) is 16.0. The number of imide groups is 1. The number of phenolic OH excluding ortho intramolecular Hbond substituents is 1. The minimum Gasteiger partial charge on any atom is -0.507 e. The van der Waals surface area contributed by atoms with Gasteiger partial charge in [-0.2, -0.15) is 0 Å². The Balaban J connectivity index is 0.788. The largest absolute Gasteiger partial charge is 0.507 e. The number of nitrogen functional groups attached to an aromatic ring is 1. The zero-order valence-electron chi connectivity index (χ0n) is 32.7. The number of fused-ring (bicyclic) bond motifs is 1. The first-order valence-electron chi connectivity index (χ1n) is 20.3. The van der Waals surface area contributed by atoms with Gasteiger partial charge in [0.05, 0.1) is 29.2 Å². The van der Waals surface area contributed by atoms with E-state index in [1.807, 2.05) is 54.3 Å². The fraction of sp³-hybridized carbons (Fsp3) is 0.386. The number of nitrogens with one attached hydrogen (secondary N) is 1. The Hall–Kier alpha value is -5.99. The van der Waals surface area contributed by atoms with Crippen LogP contribution >= 0.6 is 0 Å². The lowest BCUT2D eigenvalue weighted by Gasteiger charge is -2.36. The number of hydrogen-bond donors (Lipinski definition) is 3. The summed E-state index contributed by atoms with van der Waals surface area (Å²) in [6.45, 7) is 8.61. The summed E-state index contributed by atoms with van der Waals surface area (Å²) in [4.78, 5) is 46.5. The molecule has 0 aliphatic carbocycles. The SMILES string of the molecule is Cc1cc(C(=O)N2CCC(CN3CC[C@@H](n4ccc5c(N6CCC(=O)NC6=O)cccc54)C3)CC2)ccc1[C@@H]1CN(c2cc(-c3ccccc3O)nnc2N)CCO1. The van der Waals surface area contributed by atoms with Crippen molar-refractivity contribution in [3.8, 4) is 17.0 Å². The topological polar surface area (TPSA) is 162 Å². The number of nitrogens with two attached hydrogens (primary N) is 1. The Bertz CT molecular complexity index is 2370.